The van der Waals surface area contributed by atoms with Crippen LogP contribution in [0.4, 0.5) is 4.39 Å². The highest BCUT2D eigenvalue weighted by molar-refractivity contribution is 6.33. The highest BCUT2D eigenvalue weighted by Crippen LogP contribution is 2.33. The number of hydrogen-bond donors (Lipinski definition) is 0. The fraction of sp³-hybridized carbons (Fsp3) is 0.222. The van der Waals surface area contributed by atoms with E-state index in [4.69, 9.17) is 11.6 Å². The highest BCUT2D eigenvalue weighted by atomic mass is 35.5. The molecule has 3 rings (SSSR count). The number of rotatable bonds is 3. The molecule has 0 amide bonds. The van der Waals surface area contributed by atoms with Gasteiger partial charge in [-0.25, -0.2) is 4.39 Å². The predicted molar refractivity (Wildman–Crippen MR) is 87.2 cm³/mol. The first-order valence-corrected chi connectivity index (χ1v) is 7.47. The van der Waals surface area contributed by atoms with Gasteiger partial charge < -0.3 is 4.57 Å². The molecule has 1 heterocycles. The quantitative estimate of drug-likeness (QED) is 0.580. The Kier molecular flexibility index (Phi) is 3.73. The Morgan fingerprint density at radius 1 is 1.10 bits per heavy atom. The lowest BCUT2D eigenvalue weighted by Crippen LogP contribution is -2.02. The zero-order chi connectivity index (χ0) is 15.0. The lowest BCUT2D eigenvalue weighted by atomic mass is 10.0. The summed E-state index contributed by atoms with van der Waals surface area (Å²) in [7, 11) is 0. The molecule has 21 heavy (non-hydrogen) atoms. The number of benzene rings is 2. The summed E-state index contributed by atoms with van der Waals surface area (Å²) in [4.78, 5) is 0. The molecule has 1 nitrogen and oxygen atoms in total. The highest BCUT2D eigenvalue weighted by Gasteiger charge is 2.12. The third-order valence-electron chi connectivity index (χ3n) is 3.59. The maximum Gasteiger partial charge on any atom is 0.131 e. The summed E-state index contributed by atoms with van der Waals surface area (Å²) < 4.78 is 16.6. The Morgan fingerprint density at radius 3 is 2.57 bits per heavy atom. The van der Waals surface area contributed by atoms with Crippen molar-refractivity contribution in [3.05, 3.63) is 59.5 Å². The Hall–Kier alpha value is -1.80. The Balaban J connectivity index is 2.19. The third kappa shape index (κ3) is 2.68. The molecule has 3 aromatic rings. The van der Waals surface area contributed by atoms with Gasteiger partial charge in [-0.3, -0.25) is 0 Å². The van der Waals surface area contributed by atoms with Gasteiger partial charge in [-0.2, -0.15) is 0 Å². The van der Waals surface area contributed by atoms with Crippen LogP contribution in [0.1, 0.15) is 13.8 Å². The Bertz CT molecular complexity index is 789. The first-order valence-electron chi connectivity index (χ1n) is 7.09. The van der Waals surface area contributed by atoms with Crippen molar-refractivity contribution in [1.82, 2.24) is 4.57 Å². The summed E-state index contributed by atoms with van der Waals surface area (Å²) in [5, 5.41) is 1.49. The normalized spacial score (nSPS) is 11.5. The SMILES string of the molecule is CC(C)Cn1ccc2cc(F)c(-c3ccccc3Cl)cc21. The first-order chi connectivity index (χ1) is 10.1. The summed E-state index contributed by atoms with van der Waals surface area (Å²) in [5.41, 5.74) is 2.33. The molecule has 2 aromatic carbocycles. The fourth-order valence-electron chi connectivity index (χ4n) is 2.65. The third-order valence-corrected chi connectivity index (χ3v) is 3.92. The number of nitrogens with zero attached hydrogens (tertiary/aromatic N) is 1. The van der Waals surface area contributed by atoms with E-state index >= 15 is 0 Å². The van der Waals surface area contributed by atoms with E-state index in [0.717, 1.165) is 23.0 Å². The van der Waals surface area contributed by atoms with Crippen molar-refractivity contribution >= 4 is 22.5 Å². The van der Waals surface area contributed by atoms with Gasteiger partial charge in [0.05, 0.1) is 0 Å². The fourth-order valence-corrected chi connectivity index (χ4v) is 2.89. The molecule has 0 radical (unpaired) electrons. The number of halogens is 2. The van der Waals surface area contributed by atoms with Gasteiger partial charge in [-0.1, -0.05) is 43.6 Å². The van der Waals surface area contributed by atoms with Crippen LogP contribution >= 0.6 is 11.6 Å². The average molecular weight is 302 g/mol. The molecular weight excluding hydrogens is 285 g/mol. The predicted octanol–water partition coefficient (Wildman–Crippen LogP) is 5.76. The van der Waals surface area contributed by atoms with Crippen LogP contribution in [0.25, 0.3) is 22.0 Å². The minimum atomic E-state index is -0.238. The smallest absolute Gasteiger partial charge is 0.131 e. The molecule has 0 fully saturated rings. The van der Waals surface area contributed by atoms with E-state index in [1.54, 1.807) is 12.1 Å². The molecule has 0 spiro atoms. The summed E-state index contributed by atoms with van der Waals surface area (Å²) in [6.45, 7) is 5.26. The molecule has 0 saturated carbocycles. The number of aromatic nitrogens is 1. The van der Waals surface area contributed by atoms with Crippen molar-refractivity contribution in [3.63, 3.8) is 0 Å². The van der Waals surface area contributed by atoms with Crippen LogP contribution in [-0.4, -0.2) is 4.57 Å². The molecule has 0 unspecified atom stereocenters. The molecule has 0 aliphatic rings. The second-order valence-corrected chi connectivity index (χ2v) is 6.14. The van der Waals surface area contributed by atoms with Crippen molar-refractivity contribution < 1.29 is 4.39 Å². The van der Waals surface area contributed by atoms with Crippen molar-refractivity contribution in [1.29, 1.82) is 0 Å². The topological polar surface area (TPSA) is 4.93 Å². The van der Waals surface area contributed by atoms with E-state index in [1.807, 2.05) is 36.5 Å². The standard InChI is InChI=1S/C18H17ClFN/c1-12(2)11-21-8-7-13-9-17(20)15(10-18(13)21)14-5-3-4-6-16(14)19/h3-10,12H,11H2,1-2H3. The zero-order valence-electron chi connectivity index (χ0n) is 12.1. The second-order valence-electron chi connectivity index (χ2n) is 5.73. The van der Waals surface area contributed by atoms with E-state index in [2.05, 4.69) is 18.4 Å². The number of hydrogen-bond acceptors (Lipinski definition) is 0. The second kappa shape index (κ2) is 5.53. The van der Waals surface area contributed by atoms with Crippen LogP contribution in [-0.2, 0) is 6.54 Å². The summed E-state index contributed by atoms with van der Waals surface area (Å²) >= 11 is 6.21. The maximum atomic E-state index is 14.4. The molecule has 0 atom stereocenters. The van der Waals surface area contributed by atoms with Gasteiger partial charge in [0, 0.05) is 39.8 Å². The van der Waals surface area contributed by atoms with E-state index in [0.29, 0.717) is 16.5 Å². The summed E-state index contributed by atoms with van der Waals surface area (Å²) in [6.07, 6.45) is 2.01. The first kappa shape index (κ1) is 14.2. The molecule has 3 heteroatoms. The minimum absolute atomic E-state index is 0.238. The molecule has 0 saturated heterocycles. The van der Waals surface area contributed by atoms with E-state index in [9.17, 15) is 4.39 Å². The molecule has 0 N–H and O–H groups in total. The van der Waals surface area contributed by atoms with Gasteiger partial charge >= 0.3 is 0 Å². The number of fused-ring (bicyclic) bond motifs is 1. The largest absolute Gasteiger partial charge is 0.347 e. The van der Waals surface area contributed by atoms with Crippen LogP contribution in [0.5, 0.6) is 0 Å². The van der Waals surface area contributed by atoms with Crippen molar-refractivity contribution in [2.24, 2.45) is 5.92 Å². The molecule has 0 aliphatic heterocycles. The Morgan fingerprint density at radius 2 is 1.86 bits per heavy atom. The van der Waals surface area contributed by atoms with E-state index in [1.165, 1.54) is 0 Å². The van der Waals surface area contributed by atoms with Crippen LogP contribution < -0.4 is 0 Å². The average Bonchev–Trinajstić information content (AvgIpc) is 2.80. The molecule has 0 aliphatic carbocycles. The van der Waals surface area contributed by atoms with Gasteiger partial charge in [0.25, 0.3) is 0 Å². The van der Waals surface area contributed by atoms with Crippen LogP contribution in [0.15, 0.2) is 48.7 Å². The Labute approximate surface area is 129 Å². The zero-order valence-corrected chi connectivity index (χ0v) is 12.9. The van der Waals surface area contributed by atoms with Crippen LogP contribution in [0.2, 0.25) is 5.02 Å². The summed E-state index contributed by atoms with van der Waals surface area (Å²) in [5.74, 6) is 0.298. The van der Waals surface area contributed by atoms with Gasteiger partial charge in [-0.15, -0.1) is 0 Å². The summed E-state index contributed by atoms with van der Waals surface area (Å²) in [6, 6.07) is 12.8. The van der Waals surface area contributed by atoms with Crippen molar-refractivity contribution in [3.8, 4) is 11.1 Å². The lowest BCUT2D eigenvalue weighted by molar-refractivity contribution is 0.535. The molecule has 0 bridgehead atoms. The van der Waals surface area contributed by atoms with Crippen molar-refractivity contribution in [2.75, 3.05) is 0 Å². The maximum absolute atomic E-state index is 14.4. The van der Waals surface area contributed by atoms with Gasteiger partial charge in [0.15, 0.2) is 0 Å². The molecular formula is C18H17ClFN. The van der Waals surface area contributed by atoms with Crippen molar-refractivity contribution in [2.45, 2.75) is 20.4 Å². The van der Waals surface area contributed by atoms with Crippen LogP contribution in [0, 0.1) is 11.7 Å². The van der Waals surface area contributed by atoms with Gasteiger partial charge in [0.1, 0.15) is 5.82 Å². The minimum Gasteiger partial charge on any atom is -0.347 e. The molecule has 1 aromatic heterocycles. The van der Waals surface area contributed by atoms with E-state index in [-0.39, 0.29) is 5.82 Å². The van der Waals surface area contributed by atoms with Gasteiger partial charge in [-0.05, 0) is 30.2 Å². The van der Waals surface area contributed by atoms with Crippen LogP contribution in [0.3, 0.4) is 0 Å². The monoisotopic (exact) mass is 301 g/mol. The lowest BCUT2D eigenvalue weighted by Gasteiger charge is -2.11. The van der Waals surface area contributed by atoms with Gasteiger partial charge in [0.2, 0.25) is 0 Å². The molecule has 108 valence electrons. The van der Waals surface area contributed by atoms with E-state index < -0.39 is 0 Å².